The number of rotatable bonds is 3. The second kappa shape index (κ2) is 12.0. The summed E-state index contributed by atoms with van der Waals surface area (Å²) in [6, 6.07) is 41.1. The van der Waals surface area contributed by atoms with Crippen molar-refractivity contribution in [2.75, 3.05) is 9.80 Å². The normalized spacial score (nSPS) is 20.3. The molecule has 0 radical (unpaired) electrons. The lowest BCUT2D eigenvalue weighted by Crippen LogP contribution is -2.64. The van der Waals surface area contributed by atoms with Gasteiger partial charge in [-0.3, -0.25) is 0 Å². The van der Waals surface area contributed by atoms with Gasteiger partial charge in [0.1, 0.15) is 0 Å². The fraction of sp³-hybridized carbons (Fsp3) is 0.345. The summed E-state index contributed by atoms with van der Waals surface area (Å²) in [6.45, 7) is 26.1. The van der Waals surface area contributed by atoms with Gasteiger partial charge in [0.05, 0.1) is 16.7 Å². The summed E-state index contributed by atoms with van der Waals surface area (Å²) in [7, 11) is 0. The number of aryl methyl sites for hydroxylation is 3. The summed E-state index contributed by atoms with van der Waals surface area (Å²) in [5.41, 5.74) is 23.2. The molecule has 59 heavy (non-hydrogen) atoms. The van der Waals surface area contributed by atoms with Crippen LogP contribution in [0.1, 0.15) is 114 Å². The standard InChI is InChI=1S/C55H58BN3/c1-33-14-23-46-41(26-33)42-27-34(2)29-44-50(42)58(46)47-31-40(57(38-19-15-36(16-20-38)52(4,5)6)39-21-17-37(18-22-39)53(7,8)9)32-48-49(47)56(44)45-30-35(3)28-43-51(45)59(48)55(11)25-13-12-24-54(43,55)10/h14-23,26-32H,12-13,24-25H2,1-11H3. The highest BCUT2D eigenvalue weighted by atomic mass is 15.3. The van der Waals surface area contributed by atoms with Gasteiger partial charge in [-0.1, -0.05) is 127 Å². The van der Waals surface area contributed by atoms with E-state index >= 15 is 0 Å². The fourth-order valence-electron chi connectivity index (χ4n) is 12.1. The average Bonchev–Trinajstić information content (AvgIpc) is 3.61. The Morgan fingerprint density at radius 3 is 1.80 bits per heavy atom. The number of fused-ring (bicyclic) bond motifs is 10. The molecule has 1 aliphatic carbocycles. The molecule has 2 unspecified atom stereocenters. The lowest BCUT2D eigenvalue weighted by Gasteiger charge is -2.52. The van der Waals surface area contributed by atoms with E-state index in [2.05, 4.69) is 194 Å². The minimum Gasteiger partial charge on any atom is -0.335 e. The highest BCUT2D eigenvalue weighted by Crippen LogP contribution is 2.62. The number of hydrogen-bond donors (Lipinski definition) is 0. The summed E-state index contributed by atoms with van der Waals surface area (Å²) < 4.78 is 2.65. The molecule has 7 aromatic rings. The van der Waals surface area contributed by atoms with E-state index in [0.717, 1.165) is 0 Å². The Morgan fingerprint density at radius 2 is 1.15 bits per heavy atom. The predicted molar refractivity (Wildman–Crippen MR) is 255 cm³/mol. The smallest absolute Gasteiger partial charge is 0.252 e. The van der Waals surface area contributed by atoms with Crippen molar-refractivity contribution in [2.24, 2.45) is 0 Å². The molecule has 1 saturated carbocycles. The molecule has 0 saturated heterocycles. The molecule has 3 nitrogen and oxygen atoms in total. The minimum absolute atomic E-state index is 0.0461. The molecule has 4 heteroatoms. The zero-order chi connectivity index (χ0) is 41.1. The Kier molecular flexibility index (Phi) is 7.47. The molecule has 0 bridgehead atoms. The van der Waals surface area contributed by atoms with Gasteiger partial charge in [-0.15, -0.1) is 0 Å². The zero-order valence-electron chi connectivity index (χ0n) is 37.1. The van der Waals surface area contributed by atoms with Crippen LogP contribution in [0.25, 0.3) is 27.5 Å². The quantitative estimate of drug-likeness (QED) is 0.166. The molecule has 1 fully saturated rings. The Labute approximate surface area is 352 Å². The van der Waals surface area contributed by atoms with Gasteiger partial charge >= 0.3 is 0 Å². The summed E-state index contributed by atoms with van der Waals surface area (Å²) in [5, 5.41) is 2.71. The monoisotopic (exact) mass is 771 g/mol. The first-order chi connectivity index (χ1) is 28.0. The molecule has 6 aromatic carbocycles. The van der Waals surface area contributed by atoms with Crippen molar-refractivity contribution in [1.82, 2.24) is 4.57 Å². The van der Waals surface area contributed by atoms with Crippen LogP contribution in [0.5, 0.6) is 0 Å². The van der Waals surface area contributed by atoms with Crippen molar-refractivity contribution in [3.05, 3.63) is 137 Å². The van der Waals surface area contributed by atoms with Crippen LogP contribution in [0.2, 0.25) is 0 Å². The van der Waals surface area contributed by atoms with E-state index in [-0.39, 0.29) is 28.5 Å². The van der Waals surface area contributed by atoms with Crippen LogP contribution in [0.3, 0.4) is 0 Å². The van der Waals surface area contributed by atoms with Crippen LogP contribution in [-0.4, -0.2) is 16.8 Å². The van der Waals surface area contributed by atoms with Crippen molar-refractivity contribution in [3.8, 4) is 5.69 Å². The third kappa shape index (κ3) is 4.95. The van der Waals surface area contributed by atoms with E-state index in [1.807, 2.05) is 0 Å². The summed E-state index contributed by atoms with van der Waals surface area (Å²) in [6.07, 6.45) is 4.93. The SMILES string of the molecule is Cc1cc2c3c(c1)C1(C)CCCCC1(C)N3c1cc(N(c3ccc(C(C)(C)C)cc3)c3ccc(C(C)(C)C)cc3)cc3c1B2c1cc(C)cc2c4cc(C)ccc4n-3c12. The van der Waals surface area contributed by atoms with Crippen molar-refractivity contribution < 1.29 is 0 Å². The van der Waals surface area contributed by atoms with Gasteiger partial charge in [-0.25, -0.2) is 0 Å². The summed E-state index contributed by atoms with van der Waals surface area (Å²) >= 11 is 0. The van der Waals surface area contributed by atoms with Crippen molar-refractivity contribution in [2.45, 2.75) is 124 Å². The van der Waals surface area contributed by atoms with E-state index in [1.165, 1.54) is 126 Å². The van der Waals surface area contributed by atoms with Gasteiger partial charge in [0.2, 0.25) is 0 Å². The van der Waals surface area contributed by atoms with Crippen LogP contribution in [-0.2, 0) is 16.2 Å². The molecular formula is C55H58BN3. The average molecular weight is 772 g/mol. The fourth-order valence-corrected chi connectivity index (χ4v) is 12.1. The van der Waals surface area contributed by atoms with Gasteiger partial charge in [0.25, 0.3) is 6.71 Å². The molecule has 0 amide bonds. The zero-order valence-corrected chi connectivity index (χ0v) is 37.1. The largest absolute Gasteiger partial charge is 0.335 e. The maximum atomic E-state index is 2.88. The van der Waals surface area contributed by atoms with E-state index in [0.29, 0.717) is 0 Å². The van der Waals surface area contributed by atoms with E-state index in [1.54, 1.807) is 5.56 Å². The van der Waals surface area contributed by atoms with Crippen LogP contribution in [0.4, 0.5) is 28.4 Å². The number of anilines is 5. The molecule has 4 heterocycles. The first-order valence-electron chi connectivity index (χ1n) is 22.2. The van der Waals surface area contributed by atoms with Crippen LogP contribution < -0.4 is 26.2 Å². The van der Waals surface area contributed by atoms with Gasteiger partial charge < -0.3 is 14.4 Å². The van der Waals surface area contributed by atoms with Gasteiger partial charge in [0, 0.05) is 50.1 Å². The van der Waals surface area contributed by atoms with Crippen molar-refractivity contribution >= 4 is 73.3 Å². The number of hydrogen-bond acceptors (Lipinski definition) is 2. The molecule has 3 aliphatic heterocycles. The topological polar surface area (TPSA) is 11.4 Å². The minimum atomic E-state index is -0.0564. The molecule has 0 N–H and O–H groups in total. The van der Waals surface area contributed by atoms with Crippen LogP contribution in [0, 0.1) is 20.8 Å². The maximum absolute atomic E-state index is 2.88. The summed E-state index contributed by atoms with van der Waals surface area (Å²) in [5.74, 6) is 0. The van der Waals surface area contributed by atoms with Crippen LogP contribution >= 0.6 is 0 Å². The van der Waals surface area contributed by atoms with Gasteiger partial charge in [-0.05, 0) is 139 Å². The van der Waals surface area contributed by atoms with Crippen molar-refractivity contribution in [1.29, 1.82) is 0 Å². The molecule has 0 spiro atoms. The highest BCUT2D eigenvalue weighted by molar-refractivity contribution is 7.00. The maximum Gasteiger partial charge on any atom is 0.252 e. The van der Waals surface area contributed by atoms with Crippen molar-refractivity contribution in [3.63, 3.8) is 0 Å². The highest BCUT2D eigenvalue weighted by Gasteiger charge is 2.61. The van der Waals surface area contributed by atoms with E-state index in [4.69, 9.17) is 0 Å². The van der Waals surface area contributed by atoms with Gasteiger partial charge in [0.15, 0.2) is 0 Å². The second-order valence-corrected chi connectivity index (χ2v) is 21.3. The molecule has 11 rings (SSSR count). The number of nitrogens with zero attached hydrogens (tertiary/aromatic N) is 3. The Bertz CT molecular complexity index is 2860. The third-order valence-electron chi connectivity index (χ3n) is 15.3. The Hall–Kier alpha value is -5.22. The Balaban J connectivity index is 1.28. The summed E-state index contributed by atoms with van der Waals surface area (Å²) in [4.78, 5) is 5.42. The van der Waals surface area contributed by atoms with E-state index in [9.17, 15) is 0 Å². The molecule has 4 aliphatic rings. The first kappa shape index (κ1) is 36.8. The van der Waals surface area contributed by atoms with E-state index < -0.39 is 0 Å². The lowest BCUT2D eigenvalue weighted by molar-refractivity contribution is 0.195. The molecule has 296 valence electrons. The first-order valence-corrected chi connectivity index (χ1v) is 22.2. The third-order valence-corrected chi connectivity index (χ3v) is 15.3. The number of aromatic nitrogens is 1. The second-order valence-electron chi connectivity index (χ2n) is 21.3. The number of benzene rings is 6. The predicted octanol–water partition coefficient (Wildman–Crippen LogP) is 12.7. The van der Waals surface area contributed by atoms with Crippen LogP contribution in [0.15, 0.2) is 103 Å². The molecular weight excluding hydrogens is 713 g/mol. The lowest BCUT2D eigenvalue weighted by atomic mass is 9.33. The van der Waals surface area contributed by atoms with Gasteiger partial charge in [-0.2, -0.15) is 0 Å². The Morgan fingerprint density at radius 1 is 0.576 bits per heavy atom. The molecule has 2 atom stereocenters. The molecule has 1 aromatic heterocycles.